The van der Waals surface area contributed by atoms with E-state index in [1.165, 1.54) is 19.1 Å². The Bertz CT molecular complexity index is 830. The molecule has 0 spiro atoms. The molecule has 0 unspecified atom stereocenters. The average molecular weight is 375 g/mol. The van der Waals surface area contributed by atoms with Crippen LogP contribution in [-0.2, 0) is 19.7 Å². The van der Waals surface area contributed by atoms with Gasteiger partial charge in [-0.05, 0) is 56.6 Å². The van der Waals surface area contributed by atoms with Gasteiger partial charge in [-0.25, -0.2) is 21.2 Å². The van der Waals surface area contributed by atoms with Gasteiger partial charge in [0.1, 0.15) is 5.82 Å². The van der Waals surface area contributed by atoms with Gasteiger partial charge in [0, 0.05) is 6.04 Å². The Morgan fingerprint density at radius 2 is 1.79 bits per heavy atom. The molecular weight excluding hydrogens is 353 g/mol. The molecule has 1 aromatic rings. The van der Waals surface area contributed by atoms with E-state index in [-0.39, 0.29) is 16.4 Å². The first-order chi connectivity index (χ1) is 11.2. The Hall–Kier alpha value is -0.990. The number of hydrogen-bond donors (Lipinski definition) is 0. The zero-order chi connectivity index (χ0) is 17.5. The number of halogens is 1. The minimum absolute atomic E-state index is 0.0352. The van der Waals surface area contributed by atoms with Gasteiger partial charge in [-0.2, -0.15) is 0 Å². The van der Waals surface area contributed by atoms with E-state index in [0.717, 1.165) is 38.4 Å². The molecule has 2 atom stereocenters. The van der Waals surface area contributed by atoms with Crippen molar-refractivity contribution in [3.8, 4) is 0 Å². The predicted molar refractivity (Wildman–Crippen MR) is 90.0 cm³/mol. The van der Waals surface area contributed by atoms with E-state index in [2.05, 4.69) is 0 Å². The van der Waals surface area contributed by atoms with E-state index >= 15 is 0 Å². The fourth-order valence-corrected chi connectivity index (χ4v) is 8.84. The van der Waals surface area contributed by atoms with Gasteiger partial charge in [0.25, 0.3) is 0 Å². The maximum atomic E-state index is 13.3. The molecule has 0 radical (unpaired) electrons. The summed E-state index contributed by atoms with van der Waals surface area (Å²) in [6.07, 6.45) is 3.00. The van der Waals surface area contributed by atoms with E-state index in [1.807, 2.05) is 4.90 Å². The largest absolute Gasteiger partial charge is 0.298 e. The highest BCUT2D eigenvalue weighted by Gasteiger charge is 2.48. The molecule has 2 aliphatic rings. The highest BCUT2D eigenvalue weighted by molar-refractivity contribution is 7.96. The van der Waals surface area contributed by atoms with Crippen molar-refractivity contribution in [2.24, 2.45) is 0 Å². The molecule has 0 bridgehead atoms. The fraction of sp³-hybridized carbons (Fsp3) is 0.625. The Kier molecular flexibility index (Phi) is 4.74. The van der Waals surface area contributed by atoms with Gasteiger partial charge in [-0.1, -0.05) is 6.42 Å². The molecule has 1 aromatic carbocycles. The summed E-state index contributed by atoms with van der Waals surface area (Å²) in [7, 11) is -7.24. The average Bonchev–Trinajstić information content (AvgIpc) is 2.84. The zero-order valence-electron chi connectivity index (χ0n) is 13.6. The van der Waals surface area contributed by atoms with Gasteiger partial charge in [-0.15, -0.1) is 0 Å². The highest BCUT2D eigenvalue weighted by Crippen LogP contribution is 2.31. The first-order valence-corrected chi connectivity index (χ1v) is 11.5. The second-order valence-electron chi connectivity index (χ2n) is 6.73. The summed E-state index contributed by atoms with van der Waals surface area (Å²) in [5, 5.41) is -0.982. The number of hydrogen-bond acceptors (Lipinski definition) is 5. The maximum absolute atomic E-state index is 13.3. The van der Waals surface area contributed by atoms with E-state index in [9.17, 15) is 21.2 Å². The maximum Gasteiger partial charge on any atom is 0.184 e. The van der Waals surface area contributed by atoms with Crippen molar-refractivity contribution in [1.29, 1.82) is 0 Å². The lowest BCUT2D eigenvalue weighted by Gasteiger charge is -2.34. The van der Waals surface area contributed by atoms with Crippen molar-refractivity contribution in [2.75, 3.05) is 24.6 Å². The topological polar surface area (TPSA) is 71.5 Å². The van der Waals surface area contributed by atoms with Crippen molar-refractivity contribution in [3.63, 3.8) is 0 Å². The van der Waals surface area contributed by atoms with Crippen molar-refractivity contribution in [3.05, 3.63) is 29.6 Å². The van der Waals surface area contributed by atoms with Gasteiger partial charge in [0.05, 0.1) is 21.7 Å². The number of benzene rings is 1. The summed E-state index contributed by atoms with van der Waals surface area (Å²) in [6.45, 7) is 3.00. The molecule has 0 amide bonds. The van der Waals surface area contributed by atoms with Crippen molar-refractivity contribution < 1.29 is 21.2 Å². The Morgan fingerprint density at radius 1 is 1.12 bits per heavy atom. The van der Waals surface area contributed by atoms with Crippen LogP contribution in [0.25, 0.3) is 0 Å². The van der Waals surface area contributed by atoms with E-state index < -0.39 is 36.8 Å². The van der Waals surface area contributed by atoms with E-state index in [1.54, 1.807) is 0 Å². The smallest absolute Gasteiger partial charge is 0.184 e. The van der Waals surface area contributed by atoms with E-state index in [4.69, 9.17) is 0 Å². The van der Waals surface area contributed by atoms with Gasteiger partial charge in [0.15, 0.2) is 19.7 Å². The first-order valence-electron chi connectivity index (χ1n) is 8.15. The summed E-state index contributed by atoms with van der Waals surface area (Å²) in [6, 6.07) is 3.02. The van der Waals surface area contributed by atoms with Crippen LogP contribution >= 0.6 is 0 Å². The second kappa shape index (κ2) is 6.38. The Morgan fingerprint density at radius 3 is 2.42 bits per heavy atom. The van der Waals surface area contributed by atoms with Crippen LogP contribution in [0, 0.1) is 12.7 Å². The zero-order valence-corrected chi connectivity index (χ0v) is 15.2. The molecular formula is C16H22FNO4S2. The van der Waals surface area contributed by atoms with Crippen molar-refractivity contribution in [2.45, 2.75) is 42.4 Å². The number of sulfone groups is 2. The molecule has 134 valence electrons. The van der Waals surface area contributed by atoms with Crippen LogP contribution in [0.3, 0.4) is 0 Å². The first kappa shape index (κ1) is 17.8. The quantitative estimate of drug-likeness (QED) is 0.750. The summed E-state index contributed by atoms with van der Waals surface area (Å²) in [5.74, 6) is -0.970. The number of aryl methyl sites for hydroxylation is 1. The van der Waals surface area contributed by atoms with Crippen LogP contribution in [0.15, 0.2) is 23.1 Å². The van der Waals surface area contributed by atoms with Crippen LogP contribution < -0.4 is 0 Å². The molecule has 24 heavy (non-hydrogen) atoms. The molecule has 5 nitrogen and oxygen atoms in total. The second-order valence-corrected chi connectivity index (χ2v) is 11.0. The standard InChI is InChI=1S/C16H22FNO4S2/c1-12-9-13(17)5-6-15(12)24(21,22)16-11-23(19,20)10-14(16)18-7-3-2-4-8-18/h5-6,9,14,16H,2-4,7-8,10-11H2,1H3/t14-,16-/m0/s1. The van der Waals surface area contributed by atoms with Crippen molar-refractivity contribution >= 4 is 19.7 Å². The third-order valence-electron chi connectivity index (χ3n) is 4.97. The summed E-state index contributed by atoms with van der Waals surface area (Å²) in [5.41, 5.74) is 0.316. The molecule has 2 fully saturated rings. The molecule has 0 N–H and O–H groups in total. The van der Waals surface area contributed by atoms with Gasteiger partial charge in [-0.3, -0.25) is 4.90 Å². The molecule has 2 saturated heterocycles. The van der Waals surface area contributed by atoms with E-state index in [0.29, 0.717) is 5.56 Å². The summed E-state index contributed by atoms with van der Waals surface area (Å²) >= 11 is 0. The molecule has 2 heterocycles. The normalized spacial score (nSPS) is 28.1. The Balaban J connectivity index is 2.00. The molecule has 2 aliphatic heterocycles. The van der Waals surface area contributed by atoms with Gasteiger partial charge < -0.3 is 0 Å². The third kappa shape index (κ3) is 3.36. The molecule has 3 rings (SSSR count). The highest BCUT2D eigenvalue weighted by atomic mass is 32.2. The monoisotopic (exact) mass is 375 g/mol. The summed E-state index contributed by atoms with van der Waals surface area (Å²) < 4.78 is 63.8. The number of likely N-dealkylation sites (tertiary alicyclic amines) is 1. The number of rotatable bonds is 3. The third-order valence-corrected chi connectivity index (χ3v) is 9.25. The lowest BCUT2D eigenvalue weighted by molar-refractivity contribution is 0.178. The van der Waals surface area contributed by atoms with Crippen LogP contribution in [0.4, 0.5) is 4.39 Å². The summed E-state index contributed by atoms with van der Waals surface area (Å²) in [4.78, 5) is 2.04. The SMILES string of the molecule is Cc1cc(F)ccc1S(=O)(=O)[C@H]1CS(=O)(=O)C[C@@H]1N1CCCCC1. The van der Waals surface area contributed by atoms with Crippen LogP contribution in [0.5, 0.6) is 0 Å². The molecule has 8 heteroatoms. The predicted octanol–water partition coefficient (Wildman–Crippen LogP) is 1.56. The minimum Gasteiger partial charge on any atom is -0.298 e. The molecule has 0 aliphatic carbocycles. The number of nitrogens with zero attached hydrogens (tertiary/aromatic N) is 1. The van der Waals surface area contributed by atoms with Gasteiger partial charge in [0.2, 0.25) is 0 Å². The lowest BCUT2D eigenvalue weighted by atomic mass is 10.1. The molecule has 0 saturated carbocycles. The Labute approximate surface area is 142 Å². The van der Waals surface area contributed by atoms with Crippen molar-refractivity contribution in [1.82, 2.24) is 4.90 Å². The lowest BCUT2D eigenvalue weighted by Crippen LogP contribution is -2.48. The molecule has 0 aromatic heterocycles. The van der Waals surface area contributed by atoms with Crippen LogP contribution in [-0.4, -0.2) is 57.6 Å². The minimum atomic E-state index is -3.84. The van der Waals surface area contributed by atoms with Crippen LogP contribution in [0.2, 0.25) is 0 Å². The number of piperidine rings is 1. The van der Waals surface area contributed by atoms with Gasteiger partial charge >= 0.3 is 0 Å². The fourth-order valence-electron chi connectivity index (χ4n) is 3.78. The van der Waals surface area contributed by atoms with Crippen LogP contribution in [0.1, 0.15) is 24.8 Å².